The normalized spacial score (nSPS) is 15.2. The van der Waals surface area contributed by atoms with E-state index in [-0.39, 0.29) is 10.6 Å². The third-order valence-corrected chi connectivity index (χ3v) is 4.96. The van der Waals surface area contributed by atoms with Crippen LogP contribution < -0.4 is 10.6 Å². The fourth-order valence-corrected chi connectivity index (χ4v) is 3.45. The Morgan fingerprint density at radius 3 is 2.31 bits per heavy atom. The van der Waals surface area contributed by atoms with E-state index in [1.807, 2.05) is 5.32 Å². The molecule has 1 aliphatic rings. The molecule has 12 heteroatoms. The standard InChI is InChI=1S/C20H13F4N3O4S/c21-11-5-7-12(8-6-11)25-16(28)9-15-18(30)27(19(31)32-15)10-17(29)26-14-4-2-1-3-13(14)20(22,23)24/h1-9H,10H2,(H,25,28)(H,26,29). The molecule has 4 amide bonds. The number of alkyl halides is 3. The first kappa shape index (κ1) is 23.0. The van der Waals surface area contributed by atoms with E-state index < -0.39 is 52.7 Å². The lowest BCUT2D eigenvalue weighted by atomic mass is 10.1. The van der Waals surface area contributed by atoms with Gasteiger partial charge in [0, 0.05) is 11.8 Å². The zero-order valence-corrected chi connectivity index (χ0v) is 16.7. The maximum Gasteiger partial charge on any atom is 0.418 e. The van der Waals surface area contributed by atoms with Crippen LogP contribution in [0.4, 0.5) is 33.7 Å². The molecule has 0 saturated carbocycles. The van der Waals surface area contributed by atoms with Crippen LogP contribution in [0.1, 0.15) is 5.56 Å². The number of carbonyl (C=O) groups excluding carboxylic acids is 4. The minimum absolute atomic E-state index is 0.245. The van der Waals surface area contributed by atoms with E-state index in [1.165, 1.54) is 18.2 Å². The minimum atomic E-state index is -4.72. The van der Waals surface area contributed by atoms with Gasteiger partial charge < -0.3 is 10.6 Å². The number of thioether (sulfide) groups is 1. The van der Waals surface area contributed by atoms with Crippen LogP contribution >= 0.6 is 11.8 Å². The zero-order chi connectivity index (χ0) is 23.5. The number of rotatable bonds is 5. The van der Waals surface area contributed by atoms with E-state index in [0.29, 0.717) is 16.7 Å². The summed E-state index contributed by atoms with van der Waals surface area (Å²) in [6.07, 6.45) is -3.88. The first-order valence-electron chi connectivity index (χ1n) is 8.82. The van der Waals surface area contributed by atoms with Crippen LogP contribution in [0.25, 0.3) is 0 Å². The van der Waals surface area contributed by atoms with Crippen LogP contribution in [0.15, 0.2) is 59.5 Å². The van der Waals surface area contributed by atoms with Crippen molar-refractivity contribution in [2.45, 2.75) is 6.18 Å². The van der Waals surface area contributed by atoms with Crippen LogP contribution in [0.2, 0.25) is 0 Å². The Labute approximate surface area is 182 Å². The van der Waals surface area contributed by atoms with Crippen molar-refractivity contribution in [1.29, 1.82) is 0 Å². The van der Waals surface area contributed by atoms with Gasteiger partial charge in [-0.05, 0) is 48.2 Å². The number of hydrogen-bond donors (Lipinski definition) is 2. The van der Waals surface area contributed by atoms with E-state index >= 15 is 0 Å². The highest BCUT2D eigenvalue weighted by Crippen LogP contribution is 2.35. The summed E-state index contributed by atoms with van der Waals surface area (Å²) in [5, 5.41) is 3.55. The quantitative estimate of drug-likeness (QED) is 0.512. The van der Waals surface area contributed by atoms with E-state index in [2.05, 4.69) is 5.32 Å². The highest BCUT2D eigenvalue weighted by molar-refractivity contribution is 8.18. The first-order chi connectivity index (χ1) is 15.0. The molecule has 0 radical (unpaired) electrons. The predicted octanol–water partition coefficient (Wildman–Crippen LogP) is 4.00. The third kappa shape index (κ3) is 5.52. The Balaban J connectivity index is 1.66. The van der Waals surface area contributed by atoms with Gasteiger partial charge in [0.05, 0.1) is 16.2 Å². The molecule has 0 aromatic heterocycles. The van der Waals surface area contributed by atoms with E-state index in [9.17, 15) is 36.7 Å². The lowest BCUT2D eigenvalue weighted by Crippen LogP contribution is -2.36. The fourth-order valence-electron chi connectivity index (χ4n) is 2.64. The molecule has 0 unspecified atom stereocenters. The van der Waals surface area contributed by atoms with Gasteiger partial charge in [0.25, 0.3) is 11.1 Å². The summed E-state index contributed by atoms with van der Waals surface area (Å²) in [6, 6.07) is 9.04. The molecular formula is C20H13F4N3O4S. The van der Waals surface area contributed by atoms with Gasteiger partial charge in [-0.15, -0.1) is 0 Å². The molecule has 3 rings (SSSR count). The summed E-state index contributed by atoms with van der Waals surface area (Å²) in [6.45, 7) is -0.840. The number of benzene rings is 2. The Kier molecular flexibility index (Phi) is 6.63. The predicted molar refractivity (Wildman–Crippen MR) is 108 cm³/mol. The van der Waals surface area contributed by atoms with Crippen molar-refractivity contribution < 1.29 is 36.7 Å². The monoisotopic (exact) mass is 467 g/mol. The van der Waals surface area contributed by atoms with Gasteiger partial charge in [0.2, 0.25) is 11.8 Å². The molecular weight excluding hydrogens is 454 g/mol. The second-order valence-electron chi connectivity index (χ2n) is 6.36. The molecule has 166 valence electrons. The van der Waals surface area contributed by atoms with Gasteiger partial charge >= 0.3 is 6.18 Å². The Bertz CT molecular complexity index is 1120. The largest absolute Gasteiger partial charge is 0.418 e. The van der Waals surface area contributed by atoms with E-state index in [4.69, 9.17) is 0 Å². The molecule has 1 fully saturated rings. The van der Waals surface area contributed by atoms with Gasteiger partial charge in [0.15, 0.2) is 0 Å². The SMILES string of the molecule is O=C(C=C1SC(=O)N(CC(=O)Nc2ccccc2C(F)(F)F)C1=O)Nc1ccc(F)cc1. The van der Waals surface area contributed by atoms with Gasteiger partial charge in [-0.3, -0.25) is 24.1 Å². The van der Waals surface area contributed by atoms with Gasteiger partial charge in [-0.25, -0.2) is 4.39 Å². The average Bonchev–Trinajstić information content (AvgIpc) is 2.96. The maximum atomic E-state index is 13.0. The number of para-hydroxylation sites is 1. The van der Waals surface area contributed by atoms with Crippen molar-refractivity contribution >= 4 is 46.1 Å². The number of hydrogen-bond acceptors (Lipinski definition) is 5. The average molecular weight is 467 g/mol. The summed E-state index contributed by atoms with van der Waals surface area (Å²) in [7, 11) is 0. The number of imide groups is 1. The van der Waals surface area contributed by atoms with Crippen molar-refractivity contribution in [2.24, 2.45) is 0 Å². The molecule has 1 saturated heterocycles. The number of anilines is 2. The number of carbonyl (C=O) groups is 4. The highest BCUT2D eigenvalue weighted by Gasteiger charge is 2.38. The summed E-state index contributed by atoms with van der Waals surface area (Å²) in [5.41, 5.74) is -1.36. The topological polar surface area (TPSA) is 95.6 Å². The van der Waals surface area contributed by atoms with E-state index in [0.717, 1.165) is 36.4 Å². The van der Waals surface area contributed by atoms with Crippen LogP contribution in [0.3, 0.4) is 0 Å². The van der Waals surface area contributed by atoms with Crippen LogP contribution in [0, 0.1) is 5.82 Å². The molecule has 32 heavy (non-hydrogen) atoms. The Morgan fingerprint density at radius 1 is 1.00 bits per heavy atom. The number of halogens is 4. The first-order valence-corrected chi connectivity index (χ1v) is 9.64. The molecule has 0 bridgehead atoms. The van der Waals surface area contributed by atoms with Crippen LogP contribution in [-0.4, -0.2) is 34.4 Å². The number of nitrogens with one attached hydrogen (secondary N) is 2. The van der Waals surface area contributed by atoms with Crippen molar-refractivity contribution in [1.82, 2.24) is 4.90 Å². The van der Waals surface area contributed by atoms with Gasteiger partial charge in [0.1, 0.15) is 12.4 Å². The molecule has 0 atom stereocenters. The molecule has 0 aliphatic carbocycles. The summed E-state index contributed by atoms with van der Waals surface area (Å²) in [4.78, 5) is 48.9. The zero-order valence-electron chi connectivity index (χ0n) is 15.9. The smallest absolute Gasteiger partial charge is 0.324 e. The second-order valence-corrected chi connectivity index (χ2v) is 7.35. The number of nitrogens with zero attached hydrogens (tertiary/aromatic N) is 1. The Morgan fingerprint density at radius 2 is 1.66 bits per heavy atom. The second kappa shape index (κ2) is 9.22. The lowest BCUT2D eigenvalue weighted by Gasteiger charge is -2.15. The van der Waals surface area contributed by atoms with Crippen molar-refractivity contribution in [2.75, 3.05) is 17.2 Å². The van der Waals surface area contributed by atoms with Crippen molar-refractivity contribution in [3.05, 3.63) is 70.9 Å². The molecule has 0 spiro atoms. The van der Waals surface area contributed by atoms with E-state index in [1.54, 1.807) is 0 Å². The molecule has 2 aromatic rings. The summed E-state index contributed by atoms with van der Waals surface area (Å²) >= 11 is 0.397. The molecule has 2 aromatic carbocycles. The maximum absolute atomic E-state index is 13.0. The molecule has 1 aliphatic heterocycles. The minimum Gasteiger partial charge on any atom is -0.324 e. The van der Waals surface area contributed by atoms with Gasteiger partial charge in [-0.1, -0.05) is 12.1 Å². The van der Waals surface area contributed by atoms with Gasteiger partial charge in [-0.2, -0.15) is 13.2 Å². The summed E-state index contributed by atoms with van der Waals surface area (Å²) in [5.74, 6) is -3.26. The molecule has 1 heterocycles. The number of amides is 4. The third-order valence-electron chi connectivity index (χ3n) is 4.06. The molecule has 7 nitrogen and oxygen atoms in total. The lowest BCUT2D eigenvalue weighted by molar-refractivity contribution is -0.137. The van der Waals surface area contributed by atoms with Crippen LogP contribution in [-0.2, 0) is 20.6 Å². The highest BCUT2D eigenvalue weighted by atomic mass is 32.2. The summed E-state index contributed by atoms with van der Waals surface area (Å²) < 4.78 is 52.0. The Hall–Kier alpha value is -3.67. The van der Waals surface area contributed by atoms with Crippen molar-refractivity contribution in [3.63, 3.8) is 0 Å². The van der Waals surface area contributed by atoms with Crippen LogP contribution in [0.5, 0.6) is 0 Å². The molecule has 2 N–H and O–H groups in total. The van der Waals surface area contributed by atoms with Crippen molar-refractivity contribution in [3.8, 4) is 0 Å². The fraction of sp³-hybridized carbons (Fsp3) is 0.100.